The summed E-state index contributed by atoms with van der Waals surface area (Å²) in [6, 6.07) is 69.0. The highest BCUT2D eigenvalue weighted by Crippen LogP contribution is 2.60. The standard InChI is InChI=1S/C55H39N/c1-54-40-21-14-16-37(33-40)43-22-11-13-26-52(43)56(41-28-31-46(50(54)34-41)45-24-10-12-25-49(45)54)42-29-32-47-48-30-27-36-15-8-9-23-44(36)53(48)55(51(47)35-42,38-17-4-2-5-18-38)39-19-6-3-7-20-39/h2-10,12,14-35H,11,13H2,1H3. The molecule has 0 amide bonds. The van der Waals surface area contributed by atoms with Gasteiger partial charge in [0, 0.05) is 28.1 Å². The highest BCUT2D eigenvalue weighted by Gasteiger charge is 2.48. The van der Waals surface area contributed by atoms with E-state index in [0.29, 0.717) is 0 Å². The number of allylic oxidation sites excluding steroid dienone is 3. The number of benzene rings is 8. The van der Waals surface area contributed by atoms with Crippen molar-refractivity contribution in [1.82, 2.24) is 0 Å². The zero-order valence-electron chi connectivity index (χ0n) is 31.3. The van der Waals surface area contributed by atoms with Crippen molar-refractivity contribution in [3.05, 3.63) is 244 Å². The molecule has 1 heterocycles. The van der Waals surface area contributed by atoms with E-state index in [1.165, 1.54) is 100 Å². The van der Waals surface area contributed by atoms with Crippen molar-refractivity contribution in [2.24, 2.45) is 0 Å². The topological polar surface area (TPSA) is 3.24 Å². The lowest BCUT2D eigenvalue weighted by molar-refractivity contribution is 0.713. The zero-order chi connectivity index (χ0) is 37.0. The summed E-state index contributed by atoms with van der Waals surface area (Å²) in [5.74, 6) is 0. The minimum atomic E-state index is -0.534. The number of hydrogen-bond acceptors (Lipinski definition) is 1. The second-order valence-electron chi connectivity index (χ2n) is 16.0. The molecule has 0 spiro atoms. The molecule has 4 bridgehead atoms. The van der Waals surface area contributed by atoms with Crippen LogP contribution in [0.3, 0.4) is 0 Å². The quantitative estimate of drug-likeness (QED) is 0.176. The van der Waals surface area contributed by atoms with Crippen LogP contribution in [0.15, 0.2) is 200 Å². The summed E-state index contributed by atoms with van der Waals surface area (Å²) in [5.41, 5.74) is 20.0. The molecule has 0 radical (unpaired) electrons. The van der Waals surface area contributed by atoms with E-state index >= 15 is 0 Å². The first-order chi connectivity index (χ1) is 27.7. The van der Waals surface area contributed by atoms with Crippen molar-refractivity contribution in [2.75, 3.05) is 4.90 Å². The first-order valence-electron chi connectivity index (χ1n) is 20.0. The number of nitrogens with zero attached hydrogens (tertiary/aromatic N) is 1. The van der Waals surface area contributed by atoms with Gasteiger partial charge in [0.15, 0.2) is 0 Å². The highest BCUT2D eigenvalue weighted by molar-refractivity contribution is 6.01. The molecule has 264 valence electrons. The van der Waals surface area contributed by atoms with Crippen molar-refractivity contribution in [3.8, 4) is 22.3 Å². The molecule has 3 aliphatic carbocycles. The predicted molar refractivity (Wildman–Crippen MR) is 233 cm³/mol. The fraction of sp³-hybridized carbons (Fsp3) is 0.0909. The van der Waals surface area contributed by atoms with Crippen LogP contribution in [0, 0.1) is 0 Å². The molecule has 0 fully saturated rings. The van der Waals surface area contributed by atoms with Gasteiger partial charge in [-0.05, 0) is 128 Å². The number of fused-ring (bicyclic) bond motifs is 14. The molecular weight excluding hydrogens is 675 g/mol. The molecule has 1 atom stereocenters. The van der Waals surface area contributed by atoms with Crippen molar-refractivity contribution >= 4 is 27.7 Å². The molecular formula is C55H39N. The molecule has 4 aliphatic rings. The van der Waals surface area contributed by atoms with Crippen LogP contribution in [0.1, 0.15) is 64.3 Å². The van der Waals surface area contributed by atoms with Gasteiger partial charge in [-0.2, -0.15) is 0 Å². The van der Waals surface area contributed by atoms with Crippen LogP contribution in [0.2, 0.25) is 0 Å². The third-order valence-corrected chi connectivity index (χ3v) is 13.3. The van der Waals surface area contributed by atoms with Crippen LogP contribution in [0.25, 0.3) is 38.6 Å². The fourth-order valence-corrected chi connectivity index (χ4v) is 10.9. The molecule has 1 heteroatoms. The Hall–Kier alpha value is -6.70. The van der Waals surface area contributed by atoms with E-state index in [2.05, 4.69) is 206 Å². The summed E-state index contributed by atoms with van der Waals surface area (Å²) in [7, 11) is 0. The average molecular weight is 714 g/mol. The summed E-state index contributed by atoms with van der Waals surface area (Å²) in [5, 5.41) is 2.56. The Bertz CT molecular complexity index is 2940. The van der Waals surface area contributed by atoms with Crippen LogP contribution < -0.4 is 4.90 Å². The molecule has 56 heavy (non-hydrogen) atoms. The van der Waals surface area contributed by atoms with Gasteiger partial charge in [0.1, 0.15) is 0 Å². The van der Waals surface area contributed by atoms with Crippen LogP contribution in [-0.4, -0.2) is 0 Å². The lowest BCUT2D eigenvalue weighted by Gasteiger charge is -2.37. The summed E-state index contributed by atoms with van der Waals surface area (Å²) in [6.45, 7) is 2.43. The van der Waals surface area contributed by atoms with Crippen molar-refractivity contribution in [3.63, 3.8) is 0 Å². The van der Waals surface area contributed by atoms with Crippen LogP contribution in [0.5, 0.6) is 0 Å². The SMILES string of the molecule is CC12c3cccc(c3)C3=CCCC=C3N(c3ccc4c(c3)C(c3ccccc3)(c3ccccc3)c3c-4ccc4ccccc34)c3ccc(c1c3)-c1ccccc12. The summed E-state index contributed by atoms with van der Waals surface area (Å²) >= 11 is 0. The minimum absolute atomic E-state index is 0.281. The lowest BCUT2D eigenvalue weighted by Crippen LogP contribution is -2.29. The van der Waals surface area contributed by atoms with E-state index in [0.717, 1.165) is 12.8 Å². The van der Waals surface area contributed by atoms with Gasteiger partial charge in [0.2, 0.25) is 0 Å². The van der Waals surface area contributed by atoms with E-state index in [4.69, 9.17) is 0 Å². The van der Waals surface area contributed by atoms with Gasteiger partial charge in [-0.15, -0.1) is 0 Å². The smallest absolute Gasteiger partial charge is 0.0720 e. The maximum atomic E-state index is 2.56. The monoisotopic (exact) mass is 713 g/mol. The second kappa shape index (κ2) is 11.7. The van der Waals surface area contributed by atoms with Gasteiger partial charge in [-0.25, -0.2) is 0 Å². The summed E-state index contributed by atoms with van der Waals surface area (Å²) < 4.78 is 0. The molecule has 1 aliphatic heterocycles. The van der Waals surface area contributed by atoms with Crippen molar-refractivity contribution in [2.45, 2.75) is 30.6 Å². The summed E-state index contributed by atoms with van der Waals surface area (Å²) in [4.78, 5) is 2.56. The van der Waals surface area contributed by atoms with Crippen molar-refractivity contribution < 1.29 is 0 Å². The van der Waals surface area contributed by atoms with Gasteiger partial charge in [-0.1, -0.05) is 164 Å². The first-order valence-corrected chi connectivity index (χ1v) is 20.0. The van der Waals surface area contributed by atoms with Gasteiger partial charge < -0.3 is 4.90 Å². The Labute approximate surface area is 328 Å². The largest absolute Gasteiger partial charge is 0.310 e. The normalized spacial score (nSPS) is 18.0. The molecule has 1 nitrogen and oxygen atoms in total. The third kappa shape index (κ3) is 4.10. The van der Waals surface area contributed by atoms with Crippen LogP contribution >= 0.6 is 0 Å². The number of anilines is 2. The average Bonchev–Trinajstić information content (AvgIpc) is 3.72. The Kier molecular flexibility index (Phi) is 6.58. The first kappa shape index (κ1) is 31.6. The molecule has 0 saturated heterocycles. The van der Waals surface area contributed by atoms with E-state index in [9.17, 15) is 0 Å². The molecule has 0 saturated carbocycles. The molecule has 12 rings (SSSR count). The van der Waals surface area contributed by atoms with Gasteiger partial charge in [-0.3, -0.25) is 0 Å². The molecule has 0 aromatic heterocycles. The summed E-state index contributed by atoms with van der Waals surface area (Å²) in [6.07, 6.45) is 6.97. The maximum absolute atomic E-state index is 2.56. The van der Waals surface area contributed by atoms with Gasteiger partial charge in [0.25, 0.3) is 0 Å². The molecule has 8 aromatic carbocycles. The lowest BCUT2D eigenvalue weighted by atomic mass is 9.66. The van der Waals surface area contributed by atoms with E-state index in [1.54, 1.807) is 0 Å². The number of hydrogen-bond donors (Lipinski definition) is 0. The Morgan fingerprint density at radius 3 is 1.84 bits per heavy atom. The number of rotatable bonds is 3. The van der Waals surface area contributed by atoms with E-state index < -0.39 is 5.41 Å². The Balaban J connectivity index is 1.17. The molecule has 0 N–H and O–H groups in total. The third-order valence-electron chi connectivity index (χ3n) is 13.3. The Morgan fingerprint density at radius 2 is 1.05 bits per heavy atom. The van der Waals surface area contributed by atoms with Crippen LogP contribution in [0.4, 0.5) is 11.4 Å². The predicted octanol–water partition coefficient (Wildman–Crippen LogP) is 13.8. The maximum Gasteiger partial charge on any atom is 0.0720 e. The molecule has 1 unspecified atom stereocenters. The minimum Gasteiger partial charge on any atom is -0.310 e. The Morgan fingerprint density at radius 1 is 0.446 bits per heavy atom. The highest BCUT2D eigenvalue weighted by atomic mass is 15.2. The van der Waals surface area contributed by atoms with E-state index in [1.807, 2.05) is 0 Å². The fourth-order valence-electron chi connectivity index (χ4n) is 10.9. The van der Waals surface area contributed by atoms with Crippen molar-refractivity contribution in [1.29, 1.82) is 0 Å². The van der Waals surface area contributed by atoms with E-state index in [-0.39, 0.29) is 5.41 Å². The van der Waals surface area contributed by atoms with Gasteiger partial charge in [0.05, 0.1) is 5.41 Å². The van der Waals surface area contributed by atoms with Gasteiger partial charge >= 0.3 is 0 Å². The second-order valence-corrected chi connectivity index (χ2v) is 16.0. The molecule has 8 aromatic rings. The zero-order valence-corrected chi connectivity index (χ0v) is 31.3. The van der Waals surface area contributed by atoms with Crippen LogP contribution in [-0.2, 0) is 10.8 Å².